The Labute approximate surface area is 100 Å². The van der Waals surface area contributed by atoms with Crippen molar-refractivity contribution in [1.29, 1.82) is 0 Å². The fourth-order valence-corrected chi connectivity index (χ4v) is 2.33. The number of allylic oxidation sites excluding steroid dienone is 1. The summed E-state index contributed by atoms with van der Waals surface area (Å²) in [5.74, 6) is 0.983. The summed E-state index contributed by atoms with van der Waals surface area (Å²) in [6.45, 7) is 2.05. The van der Waals surface area contributed by atoms with Gasteiger partial charge in [-0.25, -0.2) is 4.39 Å². The Bertz CT molecular complexity index is 596. The molecule has 2 aromatic rings. The van der Waals surface area contributed by atoms with Gasteiger partial charge in [-0.2, -0.15) is 0 Å². The molecule has 0 saturated heterocycles. The molecule has 0 unspecified atom stereocenters. The van der Waals surface area contributed by atoms with Gasteiger partial charge >= 0.3 is 0 Å². The van der Waals surface area contributed by atoms with Gasteiger partial charge in [0.2, 0.25) is 0 Å². The Morgan fingerprint density at radius 2 is 1.47 bits per heavy atom. The van der Waals surface area contributed by atoms with E-state index < -0.39 is 0 Å². The molecule has 3 rings (SSSR count). The third kappa shape index (κ3) is 1.59. The first-order valence-corrected chi connectivity index (χ1v) is 5.67. The summed E-state index contributed by atoms with van der Waals surface area (Å²) in [6.07, 6.45) is 2.06. The lowest BCUT2D eigenvalue weighted by molar-refractivity contribution is 0.624. The lowest BCUT2D eigenvalue weighted by atomic mass is 9.93. The summed E-state index contributed by atoms with van der Waals surface area (Å²) in [5.41, 5.74) is 4.04. The largest absolute Gasteiger partial charge is 0.206 e. The van der Waals surface area contributed by atoms with Crippen LogP contribution in [0.15, 0.2) is 48.5 Å². The second-order valence-corrected chi connectivity index (χ2v) is 4.25. The van der Waals surface area contributed by atoms with Crippen molar-refractivity contribution in [3.8, 4) is 0 Å². The molecule has 0 bridgehead atoms. The monoisotopic (exact) mass is 223 g/mol. The summed E-state index contributed by atoms with van der Waals surface area (Å²) in [4.78, 5) is 0. The molecule has 83 valence electrons. The van der Waals surface area contributed by atoms with Crippen LogP contribution in [0.4, 0.5) is 4.39 Å². The minimum atomic E-state index is -0.161. The molecule has 0 spiro atoms. The zero-order valence-electron chi connectivity index (χ0n) is 9.57. The molecule has 1 aliphatic carbocycles. The summed E-state index contributed by atoms with van der Waals surface area (Å²) in [5, 5.41) is 0. The van der Waals surface area contributed by atoms with E-state index in [4.69, 9.17) is 0 Å². The van der Waals surface area contributed by atoms with E-state index in [2.05, 4.69) is 18.2 Å². The number of hydrogen-bond donors (Lipinski definition) is 0. The van der Waals surface area contributed by atoms with Crippen LogP contribution in [0.5, 0.6) is 0 Å². The molecule has 0 heterocycles. The van der Waals surface area contributed by atoms with Gasteiger partial charge in [0.15, 0.2) is 0 Å². The third-order valence-electron chi connectivity index (χ3n) is 3.23. The molecule has 1 heteroatoms. The molecule has 1 radical (unpaired) electrons. The first kappa shape index (κ1) is 10.3. The van der Waals surface area contributed by atoms with Gasteiger partial charge in [-0.15, -0.1) is 0 Å². The molecule has 17 heavy (non-hydrogen) atoms. The van der Waals surface area contributed by atoms with Crippen LogP contribution in [0.25, 0.3) is 11.6 Å². The maximum absolute atomic E-state index is 13.8. The van der Waals surface area contributed by atoms with Gasteiger partial charge in [-0.05, 0) is 28.8 Å². The van der Waals surface area contributed by atoms with Crippen molar-refractivity contribution >= 4 is 11.6 Å². The topological polar surface area (TPSA) is 0 Å². The van der Waals surface area contributed by atoms with E-state index in [1.165, 1.54) is 17.2 Å². The molecule has 0 aliphatic heterocycles. The highest BCUT2D eigenvalue weighted by Crippen LogP contribution is 2.41. The van der Waals surface area contributed by atoms with Gasteiger partial charge in [-0.1, -0.05) is 49.4 Å². The van der Waals surface area contributed by atoms with E-state index in [-0.39, 0.29) is 5.82 Å². The predicted octanol–water partition coefficient (Wildman–Crippen LogP) is 4.32. The minimum Gasteiger partial charge on any atom is -0.206 e. The number of halogens is 1. The van der Waals surface area contributed by atoms with Crippen LogP contribution in [0.2, 0.25) is 0 Å². The standard InChI is InChI=1S/C16H12F/c1-11-13-7-3-2-6-12(13)10-15(11)14-8-4-5-9-16(14)17/h2-10H,1H3. The molecule has 0 saturated carbocycles. The molecule has 0 aromatic heterocycles. The van der Waals surface area contributed by atoms with Gasteiger partial charge in [0.05, 0.1) is 0 Å². The lowest BCUT2D eigenvalue weighted by Crippen LogP contribution is -1.96. The number of rotatable bonds is 1. The Kier molecular flexibility index (Phi) is 2.32. The molecule has 1 aliphatic rings. The second kappa shape index (κ2) is 3.85. The number of hydrogen-bond acceptors (Lipinski definition) is 0. The Balaban J connectivity index is 2.12. The average Bonchev–Trinajstić information content (AvgIpc) is 2.68. The molecule has 0 fully saturated rings. The zero-order valence-corrected chi connectivity index (χ0v) is 9.57. The van der Waals surface area contributed by atoms with Crippen molar-refractivity contribution in [3.63, 3.8) is 0 Å². The molecular weight excluding hydrogens is 211 g/mol. The molecule has 2 aromatic carbocycles. The minimum absolute atomic E-state index is 0.161. The fraction of sp³-hybridized carbons (Fsp3) is 0.0625. The van der Waals surface area contributed by atoms with Crippen LogP contribution >= 0.6 is 0 Å². The highest BCUT2D eigenvalue weighted by molar-refractivity contribution is 5.97. The van der Waals surface area contributed by atoms with Crippen molar-refractivity contribution in [2.24, 2.45) is 0 Å². The Morgan fingerprint density at radius 3 is 2.18 bits per heavy atom. The summed E-state index contributed by atoms with van der Waals surface area (Å²) in [7, 11) is 0. The molecular formula is C16H12F. The maximum atomic E-state index is 13.8. The van der Waals surface area contributed by atoms with Crippen LogP contribution in [-0.4, -0.2) is 0 Å². The predicted molar refractivity (Wildman–Crippen MR) is 68.7 cm³/mol. The third-order valence-corrected chi connectivity index (χ3v) is 3.23. The van der Waals surface area contributed by atoms with Crippen LogP contribution in [0, 0.1) is 11.7 Å². The Hall–Kier alpha value is -1.89. The first-order chi connectivity index (χ1) is 8.27. The van der Waals surface area contributed by atoms with Gasteiger partial charge in [0, 0.05) is 11.5 Å². The molecule has 0 N–H and O–H groups in total. The van der Waals surface area contributed by atoms with Crippen molar-refractivity contribution in [1.82, 2.24) is 0 Å². The van der Waals surface area contributed by atoms with E-state index in [0.717, 1.165) is 11.5 Å². The summed E-state index contributed by atoms with van der Waals surface area (Å²) < 4.78 is 13.8. The van der Waals surface area contributed by atoms with Gasteiger partial charge in [0.25, 0.3) is 0 Å². The van der Waals surface area contributed by atoms with Gasteiger partial charge in [0.1, 0.15) is 5.82 Å². The number of fused-ring (bicyclic) bond motifs is 1. The Morgan fingerprint density at radius 1 is 0.824 bits per heavy atom. The highest BCUT2D eigenvalue weighted by Gasteiger charge is 2.23. The molecule has 0 atom stereocenters. The molecule has 0 amide bonds. The quantitative estimate of drug-likeness (QED) is 0.675. The van der Waals surface area contributed by atoms with Crippen LogP contribution < -0.4 is 0 Å². The zero-order chi connectivity index (χ0) is 11.8. The van der Waals surface area contributed by atoms with Crippen LogP contribution in [0.3, 0.4) is 0 Å². The highest BCUT2D eigenvalue weighted by atomic mass is 19.1. The van der Waals surface area contributed by atoms with Gasteiger partial charge < -0.3 is 0 Å². The van der Waals surface area contributed by atoms with E-state index in [9.17, 15) is 4.39 Å². The van der Waals surface area contributed by atoms with Crippen LogP contribution in [0.1, 0.15) is 23.6 Å². The van der Waals surface area contributed by atoms with Crippen molar-refractivity contribution in [3.05, 3.63) is 77.0 Å². The van der Waals surface area contributed by atoms with E-state index in [1.807, 2.05) is 31.2 Å². The smallest absolute Gasteiger partial charge is 0.130 e. The summed E-state index contributed by atoms with van der Waals surface area (Å²) >= 11 is 0. The van der Waals surface area contributed by atoms with Crippen molar-refractivity contribution < 1.29 is 4.39 Å². The van der Waals surface area contributed by atoms with E-state index in [0.29, 0.717) is 5.56 Å². The second-order valence-electron chi connectivity index (χ2n) is 4.25. The maximum Gasteiger partial charge on any atom is 0.130 e. The first-order valence-electron chi connectivity index (χ1n) is 5.67. The van der Waals surface area contributed by atoms with Crippen LogP contribution in [-0.2, 0) is 0 Å². The fourth-order valence-electron chi connectivity index (χ4n) is 2.33. The normalized spacial score (nSPS) is 14.6. The van der Waals surface area contributed by atoms with E-state index >= 15 is 0 Å². The van der Waals surface area contributed by atoms with Crippen molar-refractivity contribution in [2.75, 3.05) is 0 Å². The summed E-state index contributed by atoms with van der Waals surface area (Å²) in [6, 6.07) is 15.1. The lowest BCUT2D eigenvalue weighted by Gasteiger charge is -2.11. The average molecular weight is 223 g/mol. The number of benzene rings is 2. The molecule has 0 nitrogen and oxygen atoms in total. The van der Waals surface area contributed by atoms with Crippen molar-refractivity contribution in [2.45, 2.75) is 6.92 Å². The van der Waals surface area contributed by atoms with E-state index in [1.54, 1.807) is 6.07 Å². The van der Waals surface area contributed by atoms with Gasteiger partial charge in [-0.3, -0.25) is 0 Å². The SMILES string of the molecule is C[C]1C(c2ccccc2F)=Cc2ccccc21.